The molecule has 1 fully saturated rings. The molecule has 6 nitrogen and oxygen atoms in total. The smallest absolute Gasteiger partial charge is 0.277 e. The van der Waals surface area contributed by atoms with Crippen molar-refractivity contribution in [3.63, 3.8) is 0 Å². The van der Waals surface area contributed by atoms with Crippen LogP contribution in [0.4, 0.5) is 0 Å². The zero-order valence-electron chi connectivity index (χ0n) is 18.2. The van der Waals surface area contributed by atoms with E-state index in [0.29, 0.717) is 10.9 Å². The maximum atomic E-state index is 12.2. The summed E-state index contributed by atoms with van der Waals surface area (Å²) in [6, 6.07) is 9.68. The number of nitrogens with one attached hydrogen (secondary N) is 3. The van der Waals surface area contributed by atoms with E-state index in [1.54, 1.807) is 6.08 Å². The highest BCUT2D eigenvalue weighted by atomic mass is 35.5. The lowest BCUT2D eigenvalue weighted by atomic mass is 9.84. The Kier molecular flexibility index (Phi) is 8.67. The van der Waals surface area contributed by atoms with Gasteiger partial charge in [0.2, 0.25) is 0 Å². The van der Waals surface area contributed by atoms with Crippen LogP contribution in [0.2, 0.25) is 5.02 Å². The standard InChI is InChI=1S/C19H27ClN4O2S.C3H6/c1-19(2,3)24-27(25,26)23-16-9-7-13(8-10-16)17-12-18(22-21-17)14-5-4-6-15(20)11-14;1-3-2/h4-6,11-13,16,23-24H,7-10H2,1-3H3,(H,21,22);3H,1H2,2H3. The van der Waals surface area contributed by atoms with Crippen LogP contribution in [0.1, 0.15) is 65.0 Å². The van der Waals surface area contributed by atoms with Crippen LogP contribution in [0.25, 0.3) is 11.3 Å². The summed E-state index contributed by atoms with van der Waals surface area (Å²) in [6.45, 7) is 10.7. The Morgan fingerprint density at radius 3 is 2.40 bits per heavy atom. The first-order valence-electron chi connectivity index (χ1n) is 10.2. The van der Waals surface area contributed by atoms with Crippen molar-refractivity contribution in [3.05, 3.63) is 53.7 Å². The predicted octanol–water partition coefficient (Wildman–Crippen LogP) is 5.17. The van der Waals surface area contributed by atoms with Crippen molar-refractivity contribution >= 4 is 21.8 Å². The van der Waals surface area contributed by atoms with Gasteiger partial charge in [0.25, 0.3) is 10.2 Å². The van der Waals surface area contributed by atoms with Crippen molar-refractivity contribution in [1.29, 1.82) is 0 Å². The molecule has 8 heteroatoms. The summed E-state index contributed by atoms with van der Waals surface area (Å²) in [4.78, 5) is 0. The number of benzene rings is 1. The molecule has 1 aliphatic rings. The number of aromatic amines is 1. The summed E-state index contributed by atoms with van der Waals surface area (Å²) in [7, 11) is -3.49. The van der Waals surface area contributed by atoms with Crippen LogP contribution in [-0.4, -0.2) is 30.2 Å². The molecule has 3 N–H and O–H groups in total. The number of nitrogens with zero attached hydrogens (tertiary/aromatic N) is 1. The molecule has 1 aliphatic carbocycles. The normalized spacial score (nSPS) is 19.6. The molecule has 0 spiro atoms. The van der Waals surface area contributed by atoms with E-state index in [4.69, 9.17) is 11.6 Å². The molecule has 0 amide bonds. The molecule has 166 valence electrons. The highest BCUT2D eigenvalue weighted by Crippen LogP contribution is 2.34. The fraction of sp³-hybridized carbons (Fsp3) is 0.500. The Bertz CT molecular complexity index is 927. The average Bonchev–Trinajstić information content (AvgIpc) is 3.11. The minimum Gasteiger partial charge on any atom is -0.282 e. The van der Waals surface area contributed by atoms with Gasteiger partial charge in [-0.2, -0.15) is 23.0 Å². The lowest BCUT2D eigenvalue weighted by Crippen LogP contribution is -2.50. The number of aromatic nitrogens is 2. The van der Waals surface area contributed by atoms with Crippen LogP contribution >= 0.6 is 11.6 Å². The maximum Gasteiger partial charge on any atom is 0.277 e. The van der Waals surface area contributed by atoms with E-state index in [9.17, 15) is 8.42 Å². The van der Waals surface area contributed by atoms with Crippen LogP contribution in [0.3, 0.4) is 0 Å². The van der Waals surface area contributed by atoms with Gasteiger partial charge in [0, 0.05) is 33.8 Å². The fourth-order valence-electron chi connectivity index (χ4n) is 3.52. The van der Waals surface area contributed by atoms with Crippen molar-refractivity contribution < 1.29 is 8.42 Å². The number of rotatable bonds is 5. The summed E-state index contributed by atoms with van der Waals surface area (Å²) in [5, 5.41) is 8.25. The molecular formula is C22H33ClN4O2S. The van der Waals surface area contributed by atoms with Gasteiger partial charge in [0.15, 0.2) is 0 Å². The minimum absolute atomic E-state index is 0.0311. The number of halogens is 1. The van der Waals surface area contributed by atoms with Gasteiger partial charge in [-0.25, -0.2) is 0 Å². The van der Waals surface area contributed by atoms with Crippen LogP contribution in [0.15, 0.2) is 43.0 Å². The predicted molar refractivity (Wildman–Crippen MR) is 125 cm³/mol. The highest BCUT2D eigenvalue weighted by Gasteiger charge is 2.28. The zero-order valence-corrected chi connectivity index (χ0v) is 19.8. The lowest BCUT2D eigenvalue weighted by molar-refractivity contribution is 0.365. The third-order valence-corrected chi connectivity index (χ3v) is 6.41. The highest BCUT2D eigenvalue weighted by molar-refractivity contribution is 7.87. The van der Waals surface area contributed by atoms with Gasteiger partial charge < -0.3 is 0 Å². The zero-order chi connectivity index (χ0) is 22.4. The van der Waals surface area contributed by atoms with E-state index < -0.39 is 15.7 Å². The topological polar surface area (TPSA) is 86.9 Å². The number of hydrogen-bond acceptors (Lipinski definition) is 3. The van der Waals surface area contributed by atoms with Gasteiger partial charge in [-0.3, -0.25) is 5.10 Å². The van der Waals surface area contributed by atoms with Crippen molar-refractivity contribution in [1.82, 2.24) is 19.6 Å². The van der Waals surface area contributed by atoms with Gasteiger partial charge >= 0.3 is 0 Å². The minimum atomic E-state index is -3.49. The van der Waals surface area contributed by atoms with E-state index in [0.717, 1.165) is 42.6 Å². The molecule has 1 aromatic carbocycles. The van der Waals surface area contributed by atoms with Gasteiger partial charge in [0.1, 0.15) is 0 Å². The number of allylic oxidation sites excluding steroid dienone is 1. The molecule has 0 unspecified atom stereocenters. The Balaban J connectivity index is 0.00000101. The molecule has 0 bridgehead atoms. The first kappa shape index (κ1) is 24.6. The molecule has 1 saturated carbocycles. The fourth-order valence-corrected chi connectivity index (χ4v) is 5.25. The van der Waals surface area contributed by atoms with E-state index >= 15 is 0 Å². The van der Waals surface area contributed by atoms with E-state index in [-0.39, 0.29) is 6.04 Å². The molecule has 0 aliphatic heterocycles. The summed E-state index contributed by atoms with van der Waals surface area (Å²) in [5.74, 6) is 0.363. The molecule has 0 radical (unpaired) electrons. The molecule has 3 rings (SSSR count). The quantitative estimate of drug-likeness (QED) is 0.547. The molecule has 30 heavy (non-hydrogen) atoms. The van der Waals surface area contributed by atoms with Crippen LogP contribution in [0.5, 0.6) is 0 Å². The van der Waals surface area contributed by atoms with Crippen molar-refractivity contribution in [3.8, 4) is 11.3 Å². The van der Waals surface area contributed by atoms with Crippen molar-refractivity contribution in [2.24, 2.45) is 0 Å². The average molecular weight is 453 g/mol. The SMILES string of the molecule is C=CC.CC(C)(C)NS(=O)(=O)NC1CCC(c2cc(-c3cccc(Cl)c3)n[nH]2)CC1. The van der Waals surface area contributed by atoms with Gasteiger partial charge in [-0.1, -0.05) is 29.8 Å². The largest absolute Gasteiger partial charge is 0.282 e. The van der Waals surface area contributed by atoms with E-state index in [2.05, 4.69) is 32.3 Å². The van der Waals surface area contributed by atoms with Gasteiger partial charge in [-0.15, -0.1) is 6.58 Å². The first-order valence-corrected chi connectivity index (χ1v) is 12.1. The second kappa shape index (κ2) is 10.6. The van der Waals surface area contributed by atoms with E-state index in [1.165, 1.54) is 0 Å². The summed E-state index contributed by atoms with van der Waals surface area (Å²) >= 11 is 6.06. The Morgan fingerprint density at radius 1 is 1.20 bits per heavy atom. The summed E-state index contributed by atoms with van der Waals surface area (Å²) < 4.78 is 29.8. The first-order chi connectivity index (χ1) is 14.0. The van der Waals surface area contributed by atoms with Crippen molar-refractivity contribution in [2.45, 2.75) is 70.9 Å². The van der Waals surface area contributed by atoms with Crippen LogP contribution < -0.4 is 9.44 Å². The Morgan fingerprint density at radius 2 is 1.83 bits per heavy atom. The Labute approximate surface area is 185 Å². The monoisotopic (exact) mass is 452 g/mol. The third-order valence-electron chi connectivity index (χ3n) is 4.65. The molecule has 1 aromatic heterocycles. The molecule has 0 saturated heterocycles. The third kappa shape index (κ3) is 7.87. The molecular weight excluding hydrogens is 420 g/mol. The van der Waals surface area contributed by atoms with Crippen LogP contribution in [-0.2, 0) is 10.2 Å². The molecule has 1 heterocycles. The van der Waals surface area contributed by atoms with Crippen LogP contribution in [0, 0.1) is 0 Å². The van der Waals surface area contributed by atoms with Gasteiger partial charge in [0.05, 0.1) is 5.69 Å². The summed E-state index contributed by atoms with van der Waals surface area (Å²) in [5.41, 5.74) is 2.47. The van der Waals surface area contributed by atoms with Gasteiger partial charge in [-0.05, 0) is 71.6 Å². The maximum absolute atomic E-state index is 12.2. The second-order valence-corrected chi connectivity index (χ2v) is 10.5. The second-order valence-electron chi connectivity index (χ2n) is 8.65. The molecule has 2 aromatic rings. The number of H-pyrrole nitrogens is 1. The van der Waals surface area contributed by atoms with Crippen molar-refractivity contribution in [2.75, 3.05) is 0 Å². The molecule has 0 atom stereocenters. The van der Waals surface area contributed by atoms with E-state index in [1.807, 2.05) is 52.0 Å². The number of hydrogen-bond donors (Lipinski definition) is 3. The summed E-state index contributed by atoms with van der Waals surface area (Å²) in [6.07, 6.45) is 5.20. The lowest BCUT2D eigenvalue weighted by Gasteiger charge is -2.29. The Hall–Kier alpha value is -1.67.